The molecule has 1 aromatic carbocycles. The van der Waals surface area contributed by atoms with Crippen molar-refractivity contribution in [2.75, 3.05) is 18.1 Å². The maximum Gasteiger partial charge on any atom is 0.416 e. The standard InChI is InChI=1S/C15H18F3NO2S/c16-15(17,18)12-4-2-1-3-11(12)9-13(20)19-10-14(21)5-7-22-8-6-14/h1-4,21H,5-10H2,(H,19,20). The first kappa shape index (κ1) is 17.1. The molecule has 122 valence electrons. The number of alkyl halides is 3. The molecule has 2 rings (SSSR count). The zero-order valence-electron chi connectivity index (χ0n) is 11.9. The van der Waals surface area contributed by atoms with Gasteiger partial charge in [0.1, 0.15) is 0 Å². The molecule has 1 aromatic rings. The number of thioether (sulfide) groups is 1. The average molecular weight is 333 g/mol. The Bertz CT molecular complexity index is 528. The van der Waals surface area contributed by atoms with E-state index in [1.807, 2.05) is 0 Å². The summed E-state index contributed by atoms with van der Waals surface area (Å²) < 4.78 is 38.6. The third kappa shape index (κ3) is 4.64. The molecule has 0 bridgehead atoms. The summed E-state index contributed by atoms with van der Waals surface area (Å²) in [5, 5.41) is 12.8. The Morgan fingerprint density at radius 2 is 1.91 bits per heavy atom. The van der Waals surface area contributed by atoms with E-state index in [0.717, 1.165) is 17.6 Å². The summed E-state index contributed by atoms with van der Waals surface area (Å²) >= 11 is 1.74. The normalized spacial score (nSPS) is 18.0. The van der Waals surface area contributed by atoms with Crippen molar-refractivity contribution in [3.63, 3.8) is 0 Å². The van der Waals surface area contributed by atoms with Crippen LogP contribution in [-0.4, -0.2) is 34.7 Å². The Morgan fingerprint density at radius 1 is 1.27 bits per heavy atom. The number of nitrogens with one attached hydrogen (secondary N) is 1. The first-order chi connectivity index (χ1) is 10.3. The van der Waals surface area contributed by atoms with Crippen molar-refractivity contribution in [1.82, 2.24) is 5.32 Å². The van der Waals surface area contributed by atoms with E-state index in [9.17, 15) is 23.1 Å². The molecule has 2 N–H and O–H groups in total. The molecule has 0 aromatic heterocycles. The lowest BCUT2D eigenvalue weighted by molar-refractivity contribution is -0.138. The fraction of sp³-hybridized carbons (Fsp3) is 0.533. The topological polar surface area (TPSA) is 49.3 Å². The summed E-state index contributed by atoms with van der Waals surface area (Å²) in [5.74, 6) is 1.13. The van der Waals surface area contributed by atoms with Gasteiger partial charge < -0.3 is 10.4 Å². The van der Waals surface area contributed by atoms with Crippen LogP contribution in [0.25, 0.3) is 0 Å². The minimum absolute atomic E-state index is 0.0568. The number of aliphatic hydroxyl groups is 1. The highest BCUT2D eigenvalue weighted by Crippen LogP contribution is 2.32. The molecule has 1 amide bonds. The van der Waals surface area contributed by atoms with Gasteiger partial charge in [0.25, 0.3) is 0 Å². The van der Waals surface area contributed by atoms with Gasteiger partial charge in [-0.2, -0.15) is 24.9 Å². The summed E-state index contributed by atoms with van der Waals surface area (Å²) in [6, 6.07) is 5.04. The van der Waals surface area contributed by atoms with E-state index in [0.29, 0.717) is 12.8 Å². The molecule has 22 heavy (non-hydrogen) atoms. The molecular weight excluding hydrogens is 315 g/mol. The second-order valence-electron chi connectivity index (χ2n) is 5.45. The Balaban J connectivity index is 1.95. The van der Waals surface area contributed by atoms with Crippen molar-refractivity contribution >= 4 is 17.7 Å². The van der Waals surface area contributed by atoms with Gasteiger partial charge >= 0.3 is 6.18 Å². The van der Waals surface area contributed by atoms with Crippen LogP contribution in [0.4, 0.5) is 13.2 Å². The summed E-state index contributed by atoms with van der Waals surface area (Å²) in [7, 11) is 0. The lowest BCUT2D eigenvalue weighted by Gasteiger charge is -2.31. The fourth-order valence-electron chi connectivity index (χ4n) is 2.38. The van der Waals surface area contributed by atoms with E-state index in [2.05, 4.69) is 5.32 Å². The fourth-order valence-corrected chi connectivity index (χ4v) is 3.63. The minimum Gasteiger partial charge on any atom is -0.388 e. The maximum absolute atomic E-state index is 12.9. The maximum atomic E-state index is 12.9. The highest BCUT2D eigenvalue weighted by atomic mass is 32.2. The van der Waals surface area contributed by atoms with Crippen LogP contribution in [0.15, 0.2) is 24.3 Å². The van der Waals surface area contributed by atoms with Crippen molar-refractivity contribution in [1.29, 1.82) is 0 Å². The number of amides is 1. The van der Waals surface area contributed by atoms with Gasteiger partial charge in [-0.05, 0) is 36.0 Å². The first-order valence-electron chi connectivity index (χ1n) is 7.02. The quantitative estimate of drug-likeness (QED) is 0.890. The van der Waals surface area contributed by atoms with Gasteiger partial charge in [-0.1, -0.05) is 18.2 Å². The molecule has 0 atom stereocenters. The van der Waals surface area contributed by atoms with E-state index in [1.54, 1.807) is 11.8 Å². The van der Waals surface area contributed by atoms with E-state index in [4.69, 9.17) is 0 Å². The molecule has 0 aliphatic carbocycles. The molecule has 0 spiro atoms. The van der Waals surface area contributed by atoms with E-state index in [-0.39, 0.29) is 18.5 Å². The molecule has 1 aliphatic rings. The number of halogens is 3. The number of rotatable bonds is 4. The van der Waals surface area contributed by atoms with Crippen LogP contribution in [-0.2, 0) is 17.4 Å². The SMILES string of the molecule is O=C(Cc1ccccc1C(F)(F)F)NCC1(O)CCSCC1. The Morgan fingerprint density at radius 3 is 2.55 bits per heavy atom. The van der Waals surface area contributed by atoms with E-state index in [1.165, 1.54) is 18.2 Å². The molecule has 0 radical (unpaired) electrons. The average Bonchev–Trinajstić information content (AvgIpc) is 2.46. The second-order valence-corrected chi connectivity index (χ2v) is 6.67. The molecule has 1 heterocycles. The van der Waals surface area contributed by atoms with E-state index >= 15 is 0 Å². The van der Waals surface area contributed by atoms with Crippen LogP contribution < -0.4 is 5.32 Å². The Hall–Kier alpha value is -1.21. The zero-order chi connectivity index (χ0) is 16.2. The highest BCUT2D eigenvalue weighted by molar-refractivity contribution is 7.99. The molecule has 7 heteroatoms. The molecule has 0 unspecified atom stereocenters. The van der Waals surface area contributed by atoms with Crippen molar-refractivity contribution in [3.05, 3.63) is 35.4 Å². The zero-order valence-corrected chi connectivity index (χ0v) is 12.8. The van der Waals surface area contributed by atoms with E-state index < -0.39 is 23.2 Å². The van der Waals surface area contributed by atoms with Crippen molar-refractivity contribution < 1.29 is 23.1 Å². The molecule has 3 nitrogen and oxygen atoms in total. The summed E-state index contributed by atoms with van der Waals surface area (Å²) in [6.07, 6.45) is -3.66. The van der Waals surface area contributed by atoms with Crippen LogP contribution >= 0.6 is 11.8 Å². The van der Waals surface area contributed by atoms with Crippen LogP contribution in [0, 0.1) is 0 Å². The van der Waals surface area contributed by atoms with Gasteiger partial charge in [-0.3, -0.25) is 4.79 Å². The third-order valence-corrected chi connectivity index (χ3v) is 4.70. The Labute approximate surface area is 131 Å². The molecule has 1 saturated heterocycles. The third-order valence-electron chi connectivity index (χ3n) is 3.71. The van der Waals surface area contributed by atoms with Gasteiger partial charge in [0, 0.05) is 6.54 Å². The number of carbonyl (C=O) groups excluding carboxylic acids is 1. The molecule has 1 aliphatic heterocycles. The smallest absolute Gasteiger partial charge is 0.388 e. The van der Waals surface area contributed by atoms with Gasteiger partial charge in [0.2, 0.25) is 5.91 Å². The largest absolute Gasteiger partial charge is 0.416 e. The Kier molecular flexibility index (Phi) is 5.39. The van der Waals surface area contributed by atoms with Crippen LogP contribution in [0.3, 0.4) is 0 Å². The molecule has 0 saturated carbocycles. The molecule has 1 fully saturated rings. The predicted molar refractivity (Wildman–Crippen MR) is 79.7 cm³/mol. The first-order valence-corrected chi connectivity index (χ1v) is 8.18. The minimum atomic E-state index is -4.48. The lowest BCUT2D eigenvalue weighted by Crippen LogP contribution is -2.45. The van der Waals surface area contributed by atoms with Gasteiger partial charge in [0.15, 0.2) is 0 Å². The predicted octanol–water partition coefficient (Wildman–Crippen LogP) is 2.62. The monoisotopic (exact) mass is 333 g/mol. The van der Waals surface area contributed by atoms with Crippen LogP contribution in [0.5, 0.6) is 0 Å². The number of benzene rings is 1. The summed E-state index contributed by atoms with van der Waals surface area (Å²) in [6.45, 7) is 0.0839. The van der Waals surface area contributed by atoms with Gasteiger partial charge in [0.05, 0.1) is 17.6 Å². The lowest BCUT2D eigenvalue weighted by atomic mass is 9.96. The van der Waals surface area contributed by atoms with Gasteiger partial charge in [-0.25, -0.2) is 0 Å². The van der Waals surface area contributed by atoms with Gasteiger partial charge in [-0.15, -0.1) is 0 Å². The van der Waals surface area contributed by atoms with Crippen LogP contribution in [0.1, 0.15) is 24.0 Å². The summed E-state index contributed by atoms with van der Waals surface area (Å²) in [5.41, 5.74) is -1.79. The van der Waals surface area contributed by atoms with Crippen molar-refractivity contribution in [2.24, 2.45) is 0 Å². The number of hydrogen-bond donors (Lipinski definition) is 2. The number of carbonyl (C=O) groups is 1. The van der Waals surface area contributed by atoms with Crippen molar-refractivity contribution in [2.45, 2.75) is 31.0 Å². The number of hydrogen-bond acceptors (Lipinski definition) is 3. The van der Waals surface area contributed by atoms with Crippen molar-refractivity contribution in [3.8, 4) is 0 Å². The second kappa shape index (κ2) is 6.91. The highest BCUT2D eigenvalue weighted by Gasteiger charge is 2.34. The summed E-state index contributed by atoms with van der Waals surface area (Å²) in [4.78, 5) is 11.9. The molecular formula is C15H18F3NO2S. The van der Waals surface area contributed by atoms with Crippen LogP contribution in [0.2, 0.25) is 0 Å².